The molecule has 0 fully saturated rings. The van der Waals surface area contributed by atoms with Crippen molar-refractivity contribution >= 4 is 11.9 Å². The van der Waals surface area contributed by atoms with Gasteiger partial charge < -0.3 is 14.8 Å². The van der Waals surface area contributed by atoms with E-state index in [2.05, 4.69) is 15.3 Å². The number of allylic oxidation sites excluding steroid dienone is 2. The van der Waals surface area contributed by atoms with Crippen LogP contribution in [0.1, 0.15) is 36.7 Å². The van der Waals surface area contributed by atoms with Gasteiger partial charge in [0.25, 0.3) is 0 Å². The lowest BCUT2D eigenvalue weighted by Crippen LogP contribution is -2.32. The predicted octanol–water partition coefficient (Wildman–Crippen LogP) is 4.20. The normalized spacial score (nSPS) is 13.9. The highest BCUT2D eigenvalue weighted by Crippen LogP contribution is 2.39. The number of rotatable bonds is 7. The van der Waals surface area contributed by atoms with Gasteiger partial charge in [0.2, 0.25) is 0 Å². The molecule has 3 heterocycles. The standard InChI is InChI=1S/C27H25N3O4/c1-18-23(26(31)33-16-21-12-6-8-14-28-21)25(20-10-4-3-5-11-20)24(19(2)30-18)27(32)34-17-22-13-7-9-15-29-22/h3-15,25,30H,16-17H2,1-2H3. The highest BCUT2D eigenvalue weighted by Gasteiger charge is 2.38. The Kier molecular flexibility index (Phi) is 7.13. The first-order chi connectivity index (χ1) is 16.5. The van der Waals surface area contributed by atoms with Crippen LogP contribution in [0, 0.1) is 0 Å². The van der Waals surface area contributed by atoms with Gasteiger partial charge in [0, 0.05) is 23.8 Å². The Morgan fingerprint density at radius 3 is 1.65 bits per heavy atom. The van der Waals surface area contributed by atoms with E-state index < -0.39 is 17.9 Å². The lowest BCUT2D eigenvalue weighted by molar-refractivity contribution is -0.141. The molecule has 1 aromatic carbocycles. The molecule has 7 nitrogen and oxygen atoms in total. The third kappa shape index (κ3) is 5.20. The lowest BCUT2D eigenvalue weighted by Gasteiger charge is -2.30. The second-order valence-electron chi connectivity index (χ2n) is 7.84. The fourth-order valence-electron chi connectivity index (χ4n) is 3.92. The van der Waals surface area contributed by atoms with Crippen LogP contribution in [-0.2, 0) is 32.3 Å². The minimum atomic E-state index is -0.644. The molecule has 172 valence electrons. The summed E-state index contributed by atoms with van der Waals surface area (Å²) >= 11 is 0. The molecule has 0 unspecified atom stereocenters. The highest BCUT2D eigenvalue weighted by atomic mass is 16.5. The van der Waals surface area contributed by atoms with Crippen molar-refractivity contribution in [1.82, 2.24) is 15.3 Å². The predicted molar refractivity (Wildman–Crippen MR) is 126 cm³/mol. The molecule has 7 heteroatoms. The molecular weight excluding hydrogens is 430 g/mol. The van der Waals surface area contributed by atoms with Gasteiger partial charge in [0.15, 0.2) is 0 Å². The van der Waals surface area contributed by atoms with Crippen LogP contribution in [0.15, 0.2) is 102 Å². The van der Waals surface area contributed by atoms with Gasteiger partial charge in [-0.05, 0) is 43.7 Å². The van der Waals surface area contributed by atoms with Crippen molar-refractivity contribution in [2.45, 2.75) is 33.0 Å². The van der Waals surface area contributed by atoms with Crippen LogP contribution in [0.2, 0.25) is 0 Å². The van der Waals surface area contributed by atoms with E-state index in [0.717, 1.165) is 5.56 Å². The molecule has 0 saturated carbocycles. The number of carbonyl (C=O) groups is 2. The molecule has 3 aromatic rings. The van der Waals surface area contributed by atoms with E-state index in [1.54, 1.807) is 50.5 Å². The van der Waals surface area contributed by atoms with Crippen molar-refractivity contribution in [2.75, 3.05) is 0 Å². The van der Waals surface area contributed by atoms with Gasteiger partial charge in [0.1, 0.15) is 13.2 Å². The Hall–Kier alpha value is -4.26. The van der Waals surface area contributed by atoms with Gasteiger partial charge in [-0.15, -0.1) is 0 Å². The Morgan fingerprint density at radius 2 is 1.21 bits per heavy atom. The maximum atomic E-state index is 13.3. The quantitative estimate of drug-likeness (QED) is 0.534. The van der Waals surface area contributed by atoms with Crippen molar-refractivity contribution in [2.24, 2.45) is 0 Å². The van der Waals surface area contributed by atoms with Gasteiger partial charge in [-0.25, -0.2) is 9.59 Å². The minimum Gasteiger partial charge on any atom is -0.456 e. The number of pyridine rings is 2. The van der Waals surface area contributed by atoms with Crippen LogP contribution in [0.5, 0.6) is 0 Å². The first-order valence-corrected chi connectivity index (χ1v) is 10.9. The van der Waals surface area contributed by atoms with E-state index >= 15 is 0 Å². The third-order valence-corrected chi connectivity index (χ3v) is 5.49. The summed E-state index contributed by atoms with van der Waals surface area (Å²) in [5.41, 5.74) is 4.02. The molecule has 0 saturated heterocycles. The van der Waals surface area contributed by atoms with E-state index in [4.69, 9.17) is 9.47 Å². The number of hydrogen-bond acceptors (Lipinski definition) is 7. The van der Waals surface area contributed by atoms with E-state index in [0.29, 0.717) is 33.9 Å². The summed E-state index contributed by atoms with van der Waals surface area (Å²) in [5.74, 6) is -1.69. The molecule has 1 aliphatic heterocycles. The third-order valence-electron chi connectivity index (χ3n) is 5.49. The van der Waals surface area contributed by atoms with Crippen LogP contribution >= 0.6 is 0 Å². The molecule has 0 bridgehead atoms. The smallest absolute Gasteiger partial charge is 0.337 e. The first kappa shape index (κ1) is 22.9. The molecule has 0 amide bonds. The minimum absolute atomic E-state index is 0.0279. The fourth-order valence-corrected chi connectivity index (χ4v) is 3.92. The first-order valence-electron chi connectivity index (χ1n) is 10.9. The van der Waals surface area contributed by atoms with Crippen molar-refractivity contribution in [1.29, 1.82) is 0 Å². The van der Waals surface area contributed by atoms with Crippen molar-refractivity contribution < 1.29 is 19.1 Å². The van der Waals surface area contributed by atoms with Crippen LogP contribution in [0.25, 0.3) is 0 Å². The Labute approximate surface area is 198 Å². The summed E-state index contributed by atoms with van der Waals surface area (Å²) in [5, 5.41) is 3.16. The number of benzene rings is 1. The van der Waals surface area contributed by atoms with Gasteiger partial charge in [-0.1, -0.05) is 42.5 Å². The zero-order chi connectivity index (χ0) is 23.9. The number of dihydropyridines is 1. The fraction of sp³-hybridized carbons (Fsp3) is 0.185. The molecule has 0 aliphatic carbocycles. The second-order valence-corrected chi connectivity index (χ2v) is 7.84. The number of hydrogen-bond donors (Lipinski definition) is 1. The molecule has 34 heavy (non-hydrogen) atoms. The largest absolute Gasteiger partial charge is 0.456 e. The topological polar surface area (TPSA) is 90.4 Å². The lowest BCUT2D eigenvalue weighted by atomic mass is 9.80. The van der Waals surface area contributed by atoms with Crippen LogP contribution in [0.3, 0.4) is 0 Å². The van der Waals surface area contributed by atoms with Crippen LogP contribution < -0.4 is 5.32 Å². The highest BCUT2D eigenvalue weighted by molar-refractivity contribution is 5.99. The van der Waals surface area contributed by atoms with Gasteiger partial charge in [-0.2, -0.15) is 0 Å². The average molecular weight is 456 g/mol. The number of nitrogens with zero attached hydrogens (tertiary/aromatic N) is 2. The zero-order valence-corrected chi connectivity index (χ0v) is 19.0. The zero-order valence-electron chi connectivity index (χ0n) is 19.0. The number of carbonyl (C=O) groups excluding carboxylic acids is 2. The van der Waals surface area contributed by atoms with E-state index in [1.165, 1.54) is 0 Å². The molecule has 2 aromatic heterocycles. The van der Waals surface area contributed by atoms with Crippen molar-refractivity contribution in [3.63, 3.8) is 0 Å². The van der Waals surface area contributed by atoms with Gasteiger partial charge in [-0.3, -0.25) is 9.97 Å². The Balaban J connectivity index is 1.63. The van der Waals surface area contributed by atoms with Gasteiger partial charge in [0.05, 0.1) is 28.5 Å². The summed E-state index contributed by atoms with van der Waals surface area (Å²) in [7, 11) is 0. The molecule has 4 rings (SSSR count). The molecule has 0 spiro atoms. The Morgan fingerprint density at radius 1 is 0.735 bits per heavy atom. The summed E-state index contributed by atoms with van der Waals surface area (Å²) in [6, 6.07) is 20.2. The average Bonchev–Trinajstić information content (AvgIpc) is 2.87. The van der Waals surface area contributed by atoms with Crippen LogP contribution in [-0.4, -0.2) is 21.9 Å². The van der Waals surface area contributed by atoms with E-state index in [9.17, 15) is 9.59 Å². The Bertz CT molecular complexity index is 1150. The number of aromatic nitrogens is 2. The summed E-state index contributed by atoms with van der Waals surface area (Å²) in [6.45, 7) is 3.65. The van der Waals surface area contributed by atoms with Gasteiger partial charge >= 0.3 is 11.9 Å². The monoisotopic (exact) mass is 455 g/mol. The van der Waals surface area contributed by atoms with Crippen molar-refractivity contribution in [3.8, 4) is 0 Å². The summed E-state index contributed by atoms with van der Waals surface area (Å²) in [4.78, 5) is 35.0. The number of ether oxygens (including phenoxy) is 2. The summed E-state index contributed by atoms with van der Waals surface area (Å²) < 4.78 is 11.2. The number of nitrogens with one attached hydrogen (secondary N) is 1. The number of esters is 2. The second kappa shape index (κ2) is 10.6. The molecule has 0 atom stereocenters. The molecule has 1 aliphatic rings. The molecular formula is C27H25N3O4. The van der Waals surface area contributed by atoms with E-state index in [-0.39, 0.29) is 13.2 Å². The molecule has 0 radical (unpaired) electrons. The van der Waals surface area contributed by atoms with Crippen molar-refractivity contribution in [3.05, 3.63) is 119 Å². The summed E-state index contributed by atoms with van der Waals surface area (Å²) in [6.07, 6.45) is 3.29. The maximum Gasteiger partial charge on any atom is 0.337 e. The SMILES string of the molecule is CC1=C(C(=O)OCc2ccccn2)C(c2ccccc2)C(C(=O)OCc2ccccn2)=C(C)N1. The maximum absolute atomic E-state index is 13.3. The van der Waals surface area contributed by atoms with E-state index in [1.807, 2.05) is 42.5 Å². The molecule has 1 N–H and O–H groups in total. The van der Waals surface area contributed by atoms with Crippen LogP contribution in [0.4, 0.5) is 0 Å².